The first-order chi connectivity index (χ1) is 46.6. The quantitative estimate of drug-likeness (QED) is 0.0420. The number of nitrogens with one attached hydrogen (secondary N) is 10. The van der Waals surface area contributed by atoms with Gasteiger partial charge in [0, 0.05) is 38.8 Å². The molecule has 0 bridgehead atoms. The van der Waals surface area contributed by atoms with Crippen LogP contribution in [0.2, 0.25) is 0 Å². The minimum atomic E-state index is -1.67. The van der Waals surface area contributed by atoms with E-state index in [1.54, 1.807) is 86.6 Å². The summed E-state index contributed by atoms with van der Waals surface area (Å²) in [7, 11) is 0. The van der Waals surface area contributed by atoms with E-state index >= 15 is 9.59 Å². The first-order valence-electron chi connectivity index (χ1n) is 33.7. The highest BCUT2D eigenvalue weighted by atomic mass is 16.3. The molecule has 18 N–H and O–H groups in total. The van der Waals surface area contributed by atoms with E-state index in [0.717, 1.165) is 0 Å². The van der Waals surface area contributed by atoms with E-state index in [1.165, 1.54) is 41.3 Å². The normalized spacial score (nSPS) is 23.3. The molecule has 4 aromatic rings. The molecule has 0 aromatic heterocycles. The first-order valence-corrected chi connectivity index (χ1v) is 33.7. The lowest BCUT2D eigenvalue weighted by atomic mass is 9.99. The zero-order valence-electron chi connectivity index (χ0n) is 55.7. The number of carbonyl (C=O) groups excluding carboxylic acids is 11. The minimum absolute atomic E-state index is 0.0289. The van der Waals surface area contributed by atoms with Crippen LogP contribution in [0.25, 0.3) is 0 Å². The van der Waals surface area contributed by atoms with Gasteiger partial charge in [0.2, 0.25) is 65.0 Å². The molecule has 0 aliphatic carbocycles. The van der Waals surface area contributed by atoms with Gasteiger partial charge >= 0.3 is 0 Å². The Balaban J connectivity index is 1.48. The maximum atomic E-state index is 15.3. The Morgan fingerprint density at radius 3 is 1.26 bits per heavy atom. The van der Waals surface area contributed by atoms with Gasteiger partial charge in [0.05, 0.1) is 6.42 Å². The van der Waals surface area contributed by atoms with Crippen LogP contribution in [0.1, 0.15) is 120 Å². The zero-order valence-corrected chi connectivity index (χ0v) is 55.7. The van der Waals surface area contributed by atoms with Gasteiger partial charge in [-0.1, -0.05) is 106 Å². The summed E-state index contributed by atoms with van der Waals surface area (Å²) < 4.78 is 0. The van der Waals surface area contributed by atoms with Crippen molar-refractivity contribution in [1.82, 2.24) is 58.1 Å². The highest BCUT2D eigenvalue weighted by Crippen LogP contribution is 2.22. The molecule has 2 saturated heterocycles. The molecule has 0 radical (unpaired) electrons. The molecule has 2 fully saturated rings. The van der Waals surface area contributed by atoms with Gasteiger partial charge in [0.25, 0.3) is 0 Å². The lowest BCUT2D eigenvalue weighted by Crippen LogP contribution is -2.62. The van der Waals surface area contributed by atoms with Crippen LogP contribution in [-0.2, 0) is 78.4 Å². The van der Waals surface area contributed by atoms with Crippen LogP contribution in [0.4, 0.5) is 0 Å². The summed E-state index contributed by atoms with van der Waals surface area (Å²) in [6, 6.07) is 15.0. The Labute approximate surface area is 566 Å². The van der Waals surface area contributed by atoms with E-state index in [1.807, 2.05) is 6.92 Å². The number of fused-ring (bicyclic) bond motifs is 1. The van der Waals surface area contributed by atoms with Crippen molar-refractivity contribution < 1.29 is 63.0 Å². The summed E-state index contributed by atoms with van der Waals surface area (Å²) in [6.07, 6.45) is 1.21. The topological polar surface area (TPSA) is 430 Å². The van der Waals surface area contributed by atoms with E-state index in [9.17, 15) is 53.4 Å². The van der Waals surface area contributed by atoms with Gasteiger partial charge in [0.1, 0.15) is 71.9 Å². The molecule has 6 rings (SSSR count). The zero-order chi connectivity index (χ0) is 70.4. The number of phenols is 2. The van der Waals surface area contributed by atoms with Crippen LogP contribution < -0.4 is 70.4 Å². The number of hydrogen-bond acceptors (Lipinski definition) is 16. The molecule has 0 unspecified atom stereocenters. The summed E-state index contributed by atoms with van der Waals surface area (Å²) in [5, 5.41) is 48.1. The summed E-state index contributed by atoms with van der Waals surface area (Å²) >= 11 is 0. The van der Waals surface area contributed by atoms with Crippen LogP contribution in [0.15, 0.2) is 109 Å². The summed E-state index contributed by atoms with van der Waals surface area (Å²) in [6.45, 7) is 5.87. The third kappa shape index (κ3) is 24.6. The van der Waals surface area contributed by atoms with Crippen LogP contribution in [0, 0.1) is 5.92 Å². The van der Waals surface area contributed by atoms with Crippen LogP contribution in [-0.4, -0.2) is 173 Å². The SMILES string of the molecule is CCCNC(=O)C[C@@H]1NC(=O)[C@@H](CCCCN)NC(=O)[C@@H](Cc2ccccc2)NC(=O)[C@@H]2CCCN2C(=O)[C@@H](Cc2ccccc2)NC(=O)[C@H](Cc2ccc(O)cc2)NC(=O)[C@H](CCCN)NC(=O)[C@H](C(C)C)NC(=O)[C@H](Cc2ccc(O)cc2)NC(=O)[C@H](CCCCN)NC1=O. The van der Waals surface area contributed by atoms with Gasteiger partial charge in [-0.05, 0) is 143 Å². The molecule has 2 heterocycles. The van der Waals surface area contributed by atoms with Gasteiger partial charge in [0.15, 0.2) is 0 Å². The van der Waals surface area contributed by atoms with Crippen LogP contribution >= 0.6 is 0 Å². The third-order valence-corrected chi connectivity index (χ3v) is 17.0. The molecule has 27 nitrogen and oxygen atoms in total. The number of nitrogens with zero attached hydrogens (tertiary/aromatic N) is 1. The monoisotopic (exact) mass is 1340 g/mol. The Morgan fingerprint density at radius 2 is 0.814 bits per heavy atom. The smallest absolute Gasteiger partial charge is 0.246 e. The number of amides is 11. The van der Waals surface area contributed by atoms with E-state index < -0.39 is 138 Å². The molecule has 0 saturated carbocycles. The Hall–Kier alpha value is -9.47. The van der Waals surface area contributed by atoms with E-state index in [4.69, 9.17) is 17.2 Å². The summed E-state index contributed by atoms with van der Waals surface area (Å²) in [5.41, 5.74) is 20.0. The maximum Gasteiger partial charge on any atom is 0.246 e. The molecule has 10 atom stereocenters. The second kappa shape index (κ2) is 39.5. The van der Waals surface area contributed by atoms with Gasteiger partial charge in [-0.15, -0.1) is 0 Å². The second-order valence-corrected chi connectivity index (χ2v) is 25.1. The lowest BCUT2D eigenvalue weighted by Gasteiger charge is -2.31. The van der Waals surface area contributed by atoms with Gasteiger partial charge in [-0.3, -0.25) is 52.7 Å². The molecule has 11 amide bonds. The van der Waals surface area contributed by atoms with Crippen LogP contribution in [0.3, 0.4) is 0 Å². The van der Waals surface area contributed by atoms with Crippen molar-refractivity contribution in [1.29, 1.82) is 0 Å². The average molecular weight is 1340 g/mol. The summed E-state index contributed by atoms with van der Waals surface area (Å²) in [5.74, 6) is -9.80. The number of hydrogen-bond donors (Lipinski definition) is 15. The molecule has 2 aliphatic heterocycles. The lowest BCUT2D eigenvalue weighted by molar-refractivity contribution is -0.142. The van der Waals surface area contributed by atoms with E-state index in [2.05, 4.69) is 53.2 Å². The number of benzene rings is 4. The Bertz CT molecular complexity index is 3250. The molecule has 27 heteroatoms. The van der Waals surface area contributed by atoms with E-state index in [0.29, 0.717) is 54.4 Å². The number of phenolic OH excluding ortho intramolecular Hbond substituents is 2. The second-order valence-electron chi connectivity index (χ2n) is 25.1. The number of unbranched alkanes of at least 4 members (excludes halogenated alkanes) is 2. The third-order valence-electron chi connectivity index (χ3n) is 17.0. The fourth-order valence-corrected chi connectivity index (χ4v) is 11.6. The van der Waals surface area contributed by atoms with Gasteiger partial charge in [-0.2, -0.15) is 0 Å². The number of carbonyl (C=O) groups is 11. The van der Waals surface area contributed by atoms with Crippen molar-refractivity contribution in [3.63, 3.8) is 0 Å². The van der Waals surface area contributed by atoms with E-state index in [-0.39, 0.29) is 108 Å². The van der Waals surface area contributed by atoms with Crippen molar-refractivity contribution in [2.24, 2.45) is 23.1 Å². The van der Waals surface area contributed by atoms with Crippen molar-refractivity contribution in [2.45, 2.75) is 184 Å². The predicted octanol–water partition coefficient (Wildman–Crippen LogP) is 0.305. The first kappa shape index (κ1) is 76.5. The van der Waals surface area contributed by atoms with Crippen molar-refractivity contribution in [3.8, 4) is 11.5 Å². The Kier molecular flexibility index (Phi) is 31.2. The average Bonchev–Trinajstić information content (AvgIpc) is 1.89. The van der Waals surface area contributed by atoms with Gasteiger partial charge < -0.3 is 85.5 Å². The van der Waals surface area contributed by atoms with Crippen molar-refractivity contribution in [2.75, 3.05) is 32.7 Å². The van der Waals surface area contributed by atoms with Crippen molar-refractivity contribution >= 4 is 65.0 Å². The van der Waals surface area contributed by atoms with Crippen molar-refractivity contribution in [3.05, 3.63) is 131 Å². The van der Waals surface area contributed by atoms with Gasteiger partial charge in [-0.25, -0.2) is 0 Å². The number of rotatable bonds is 24. The largest absolute Gasteiger partial charge is 0.508 e. The molecular formula is C70H98N14O13. The van der Waals surface area contributed by atoms with Crippen LogP contribution in [0.5, 0.6) is 11.5 Å². The summed E-state index contributed by atoms with van der Waals surface area (Å²) in [4.78, 5) is 164. The highest BCUT2D eigenvalue weighted by molar-refractivity contribution is 6.00. The molecule has 4 aromatic carbocycles. The Morgan fingerprint density at radius 1 is 0.454 bits per heavy atom. The molecule has 2 aliphatic rings. The molecule has 526 valence electrons. The molecule has 97 heavy (non-hydrogen) atoms. The fraction of sp³-hybridized carbons (Fsp3) is 0.500. The molecule has 0 spiro atoms. The highest BCUT2D eigenvalue weighted by Gasteiger charge is 2.42. The minimum Gasteiger partial charge on any atom is -0.508 e. The number of nitrogens with two attached hydrogens (primary N) is 3. The fourth-order valence-electron chi connectivity index (χ4n) is 11.6. The predicted molar refractivity (Wildman–Crippen MR) is 363 cm³/mol. The maximum absolute atomic E-state index is 15.3. The molecular weight excluding hydrogens is 1240 g/mol. The standard InChI is InChI=1S/C70H98N14O13/c1-4-36-74-59(87)42-56-66(93)76-50(21-11-13-33-71)61(88)79-55(40-47-27-31-49(86)32-28-47)67(94)83-60(43(2)3)69(96)77-52(23-15-35-73)63(90)78-53(39-46-25-29-48(85)30-26-46)65(92)82-57(41-45-19-9-6-10-20-45)70(97)84-37-16-24-58(84)68(95)81-54(38-44-17-7-5-8-18-44)64(91)75-51(62(89)80-56)22-12-14-34-72/h5-10,17-20,25-32,43,50-58,60,85-86H,4,11-16,21-24,33-42,71-73H2,1-3H3,(H,74,87)(H,75,91)(H,76,93)(H,77,96)(H,78,90)(H,79,88)(H,80,89)(H,81,95)(H,82,92)(H,83,94)/t50-,51+,52-,53-,54+,55-,56-,57+,58-,60-/m0/s1. The number of aromatic hydroxyl groups is 2.